The summed E-state index contributed by atoms with van der Waals surface area (Å²) in [5.74, 6) is -0.453. The molecule has 0 bridgehead atoms. The summed E-state index contributed by atoms with van der Waals surface area (Å²) in [6.45, 7) is 1.73. The van der Waals surface area contributed by atoms with Crippen LogP contribution in [0.1, 0.15) is 16.7 Å². The van der Waals surface area contributed by atoms with E-state index in [4.69, 9.17) is 4.74 Å². The van der Waals surface area contributed by atoms with Crippen LogP contribution in [0.4, 0.5) is 5.69 Å². The number of hydrogen-bond donors (Lipinski definition) is 1. The molecule has 9 heteroatoms. The van der Waals surface area contributed by atoms with Crippen molar-refractivity contribution in [2.24, 2.45) is 0 Å². The molecule has 0 radical (unpaired) electrons. The molecule has 0 aliphatic carbocycles. The van der Waals surface area contributed by atoms with Crippen LogP contribution in [0.3, 0.4) is 0 Å². The van der Waals surface area contributed by atoms with Gasteiger partial charge in [0, 0.05) is 13.1 Å². The summed E-state index contributed by atoms with van der Waals surface area (Å²) < 4.78 is 34.7. The number of rotatable bonds is 9. The molecule has 4 aromatic rings. The number of fused-ring (bicyclic) bond motifs is 1. The monoisotopic (exact) mass is 569 g/mol. The normalized spacial score (nSPS) is 14.7. The first kappa shape index (κ1) is 28.1. The van der Waals surface area contributed by atoms with E-state index in [1.54, 1.807) is 48.5 Å². The van der Waals surface area contributed by atoms with Gasteiger partial charge in [0.05, 0.1) is 23.7 Å². The molecule has 0 saturated heterocycles. The van der Waals surface area contributed by atoms with Crippen molar-refractivity contribution in [2.45, 2.75) is 31.0 Å². The average Bonchev–Trinajstić information content (AvgIpc) is 3.00. The van der Waals surface area contributed by atoms with E-state index in [9.17, 15) is 18.0 Å². The highest BCUT2D eigenvalue weighted by molar-refractivity contribution is 7.89. The molecule has 41 heavy (non-hydrogen) atoms. The fraction of sp³-hybridized carbons (Fsp3) is 0.188. The fourth-order valence-electron chi connectivity index (χ4n) is 4.61. The molecule has 1 heterocycles. The van der Waals surface area contributed by atoms with Gasteiger partial charge in [-0.2, -0.15) is 4.31 Å². The van der Waals surface area contributed by atoms with Crippen LogP contribution >= 0.6 is 0 Å². The Morgan fingerprint density at radius 1 is 0.854 bits per heavy atom. The summed E-state index contributed by atoms with van der Waals surface area (Å²) in [6, 6.07) is 32.1. The lowest BCUT2D eigenvalue weighted by Gasteiger charge is -2.35. The first-order chi connectivity index (χ1) is 19.8. The third kappa shape index (κ3) is 6.65. The second-order valence-corrected chi connectivity index (χ2v) is 11.8. The predicted molar refractivity (Wildman–Crippen MR) is 157 cm³/mol. The molecule has 1 N–H and O–H groups in total. The van der Waals surface area contributed by atoms with Gasteiger partial charge in [0.2, 0.25) is 15.9 Å². The van der Waals surface area contributed by atoms with Crippen LogP contribution in [0.2, 0.25) is 0 Å². The lowest BCUT2D eigenvalue weighted by Crippen LogP contribution is -2.52. The standard InChI is InChI=1S/C32H31N3O5S/c1-24-16-18-27(19-17-24)41(38,39)34(21-26-12-6-3-7-13-26)23-31(36)35-22-30(40-29-15-9-8-14-28(29)35)32(37)33-20-25-10-4-2-5-11-25/h2-19,30H,20-23H2,1H3,(H,33,37)/t30-/m0/s1. The van der Waals surface area contributed by atoms with Crippen molar-refractivity contribution in [3.8, 4) is 5.75 Å². The van der Waals surface area contributed by atoms with Gasteiger partial charge < -0.3 is 15.0 Å². The number of nitrogens with one attached hydrogen (secondary N) is 1. The smallest absolute Gasteiger partial charge is 0.263 e. The van der Waals surface area contributed by atoms with Crippen LogP contribution in [0.15, 0.2) is 114 Å². The van der Waals surface area contributed by atoms with Crippen LogP contribution in [-0.2, 0) is 32.7 Å². The van der Waals surface area contributed by atoms with Crippen LogP contribution < -0.4 is 15.0 Å². The number of nitrogens with zero attached hydrogens (tertiary/aromatic N) is 2. The Labute approximate surface area is 240 Å². The Hall–Kier alpha value is -4.47. The topological polar surface area (TPSA) is 96.0 Å². The largest absolute Gasteiger partial charge is 0.477 e. The second-order valence-electron chi connectivity index (χ2n) is 9.85. The summed E-state index contributed by atoms with van der Waals surface area (Å²) in [6.07, 6.45) is -0.964. The molecule has 1 atom stereocenters. The SMILES string of the molecule is Cc1ccc(S(=O)(=O)N(CC(=O)N2C[C@@H](C(=O)NCc3ccccc3)Oc3ccccc32)Cc2ccccc2)cc1. The molecule has 5 rings (SSSR count). The first-order valence-corrected chi connectivity index (χ1v) is 14.7. The van der Waals surface area contributed by atoms with Gasteiger partial charge in [-0.1, -0.05) is 90.5 Å². The van der Waals surface area contributed by atoms with E-state index in [0.717, 1.165) is 16.7 Å². The van der Waals surface area contributed by atoms with E-state index in [2.05, 4.69) is 5.32 Å². The van der Waals surface area contributed by atoms with Crippen molar-refractivity contribution in [1.82, 2.24) is 9.62 Å². The molecule has 8 nitrogen and oxygen atoms in total. The van der Waals surface area contributed by atoms with Crippen molar-refractivity contribution < 1.29 is 22.7 Å². The number of amides is 2. The van der Waals surface area contributed by atoms with Crippen molar-refractivity contribution in [3.63, 3.8) is 0 Å². The molecule has 0 spiro atoms. The van der Waals surface area contributed by atoms with Gasteiger partial charge in [-0.05, 0) is 42.3 Å². The third-order valence-electron chi connectivity index (χ3n) is 6.85. The van der Waals surface area contributed by atoms with Crippen molar-refractivity contribution in [3.05, 3.63) is 126 Å². The van der Waals surface area contributed by atoms with Gasteiger partial charge in [0.25, 0.3) is 5.91 Å². The highest BCUT2D eigenvalue weighted by Crippen LogP contribution is 2.33. The summed E-state index contributed by atoms with van der Waals surface area (Å²) in [7, 11) is -4.02. The van der Waals surface area contributed by atoms with E-state index >= 15 is 0 Å². The number of hydrogen-bond acceptors (Lipinski definition) is 5. The lowest BCUT2D eigenvalue weighted by molar-refractivity contribution is -0.128. The van der Waals surface area contributed by atoms with Gasteiger partial charge in [0.1, 0.15) is 5.75 Å². The number of para-hydroxylation sites is 2. The number of anilines is 1. The molecule has 1 aliphatic rings. The van der Waals surface area contributed by atoms with Crippen LogP contribution in [0, 0.1) is 6.92 Å². The quantitative estimate of drug-likeness (QED) is 0.324. The fourth-order valence-corrected chi connectivity index (χ4v) is 5.99. The molecule has 4 aromatic carbocycles. The molecular formula is C32H31N3O5S. The maximum atomic E-state index is 13.9. The molecule has 1 aliphatic heterocycles. The highest BCUT2D eigenvalue weighted by Gasteiger charge is 2.36. The van der Waals surface area contributed by atoms with Crippen molar-refractivity contribution in [2.75, 3.05) is 18.0 Å². The number of aryl methyl sites for hydroxylation is 1. The number of benzene rings is 4. The number of ether oxygens (including phenoxy) is 1. The molecular weight excluding hydrogens is 538 g/mol. The zero-order valence-electron chi connectivity index (χ0n) is 22.6. The minimum absolute atomic E-state index is 0.00969. The van der Waals surface area contributed by atoms with Crippen molar-refractivity contribution >= 4 is 27.5 Å². The Morgan fingerprint density at radius 2 is 1.46 bits per heavy atom. The number of carbonyl (C=O) groups excluding carboxylic acids is 2. The van der Waals surface area contributed by atoms with Gasteiger partial charge in [0.15, 0.2) is 6.10 Å². The minimum atomic E-state index is -4.02. The molecule has 2 amide bonds. The van der Waals surface area contributed by atoms with Crippen molar-refractivity contribution in [1.29, 1.82) is 0 Å². The van der Waals surface area contributed by atoms with E-state index in [1.807, 2.05) is 67.6 Å². The second kappa shape index (κ2) is 12.4. The van der Waals surface area contributed by atoms with E-state index in [0.29, 0.717) is 18.0 Å². The Bertz CT molecular complexity index is 1610. The minimum Gasteiger partial charge on any atom is -0.477 e. The van der Waals surface area contributed by atoms with Gasteiger partial charge >= 0.3 is 0 Å². The summed E-state index contributed by atoms with van der Waals surface area (Å²) >= 11 is 0. The Morgan fingerprint density at radius 3 is 2.15 bits per heavy atom. The predicted octanol–water partition coefficient (Wildman–Crippen LogP) is 4.30. The highest BCUT2D eigenvalue weighted by atomic mass is 32.2. The van der Waals surface area contributed by atoms with E-state index in [1.165, 1.54) is 9.21 Å². The summed E-state index contributed by atoms with van der Waals surface area (Å²) in [5.41, 5.74) is 3.09. The van der Waals surface area contributed by atoms with E-state index in [-0.39, 0.29) is 23.9 Å². The molecule has 0 saturated carbocycles. The number of carbonyl (C=O) groups is 2. The molecule has 0 unspecified atom stereocenters. The van der Waals surface area contributed by atoms with Gasteiger partial charge in [-0.3, -0.25) is 9.59 Å². The zero-order valence-corrected chi connectivity index (χ0v) is 23.5. The summed E-state index contributed by atoms with van der Waals surface area (Å²) in [4.78, 5) is 28.5. The molecule has 0 fully saturated rings. The third-order valence-corrected chi connectivity index (χ3v) is 8.65. The average molecular weight is 570 g/mol. The Kier molecular flexibility index (Phi) is 8.47. The maximum Gasteiger partial charge on any atom is 0.263 e. The molecule has 210 valence electrons. The van der Waals surface area contributed by atoms with Crippen LogP contribution in [-0.4, -0.2) is 43.7 Å². The van der Waals surface area contributed by atoms with Gasteiger partial charge in [-0.15, -0.1) is 0 Å². The van der Waals surface area contributed by atoms with E-state index < -0.39 is 28.6 Å². The maximum absolute atomic E-state index is 13.9. The Balaban J connectivity index is 1.40. The van der Waals surface area contributed by atoms with Gasteiger partial charge in [-0.25, -0.2) is 8.42 Å². The van der Waals surface area contributed by atoms with Crippen LogP contribution in [0.5, 0.6) is 5.75 Å². The summed E-state index contributed by atoms with van der Waals surface area (Å²) in [5, 5.41) is 2.87. The van der Waals surface area contributed by atoms with Crippen LogP contribution in [0.25, 0.3) is 0 Å². The zero-order chi connectivity index (χ0) is 28.8. The lowest BCUT2D eigenvalue weighted by atomic mass is 10.1. The number of sulfonamides is 1. The molecule has 0 aromatic heterocycles. The first-order valence-electron chi connectivity index (χ1n) is 13.3.